The van der Waals surface area contributed by atoms with Crippen LogP contribution in [-0.4, -0.2) is 25.5 Å². The molecule has 19 heavy (non-hydrogen) atoms. The molecule has 0 aromatic rings. The number of rotatable bonds is 2. The number of aliphatic imine (C=N–C) groups is 2. The maximum absolute atomic E-state index is 4.50. The molecule has 0 amide bonds. The average molecular weight is 276 g/mol. The number of nitrogens with zero attached hydrogens (tertiary/aromatic N) is 4. The minimum absolute atomic E-state index is 0.354. The normalized spacial score (nSPS) is 23.2. The lowest BCUT2D eigenvalue weighted by Crippen LogP contribution is -2.30. The summed E-state index contributed by atoms with van der Waals surface area (Å²) in [5.74, 6) is 0.707. The van der Waals surface area contributed by atoms with Crippen molar-refractivity contribution in [1.82, 2.24) is 0 Å². The van der Waals surface area contributed by atoms with E-state index in [0.29, 0.717) is 11.8 Å². The molecule has 0 bridgehead atoms. The zero-order valence-electron chi connectivity index (χ0n) is 12.4. The highest BCUT2D eigenvalue weighted by molar-refractivity contribution is 7.57. The van der Waals surface area contributed by atoms with Crippen molar-refractivity contribution in [3.05, 3.63) is 22.5 Å². The van der Waals surface area contributed by atoms with Gasteiger partial charge in [0.2, 0.25) is 0 Å². The quantitative estimate of drug-likeness (QED) is 0.694. The van der Waals surface area contributed by atoms with Crippen molar-refractivity contribution < 1.29 is 0 Å². The standard InChI is InChI=1S/C14H20N4S/c1-7(2)9-11(15-5)12(16-6)10(8(3)4)14-13(9)17-19-18-14/h7-8H,1-6H3. The van der Waals surface area contributed by atoms with Gasteiger partial charge in [0.05, 0.1) is 22.8 Å². The van der Waals surface area contributed by atoms with Gasteiger partial charge in [0.25, 0.3) is 0 Å². The maximum Gasteiger partial charge on any atom is 0.110 e. The van der Waals surface area contributed by atoms with Gasteiger partial charge in [-0.15, -0.1) is 0 Å². The van der Waals surface area contributed by atoms with Crippen LogP contribution in [0.2, 0.25) is 0 Å². The first-order valence-electron chi connectivity index (χ1n) is 6.54. The van der Waals surface area contributed by atoms with Gasteiger partial charge in [0, 0.05) is 25.2 Å². The van der Waals surface area contributed by atoms with Crippen molar-refractivity contribution in [2.75, 3.05) is 14.1 Å². The van der Waals surface area contributed by atoms with Gasteiger partial charge in [-0.1, -0.05) is 27.7 Å². The van der Waals surface area contributed by atoms with E-state index in [9.17, 15) is 0 Å². The van der Waals surface area contributed by atoms with Gasteiger partial charge in [-0.25, -0.2) is 0 Å². The van der Waals surface area contributed by atoms with E-state index in [4.69, 9.17) is 0 Å². The smallest absolute Gasteiger partial charge is 0.110 e. The van der Waals surface area contributed by atoms with Gasteiger partial charge >= 0.3 is 0 Å². The van der Waals surface area contributed by atoms with Crippen LogP contribution < -0.4 is 0 Å². The van der Waals surface area contributed by atoms with E-state index in [1.165, 1.54) is 11.4 Å². The number of hydrogen-bond acceptors (Lipinski definition) is 4. The van der Waals surface area contributed by atoms with Crippen LogP contribution in [0.5, 0.6) is 0 Å². The molecule has 0 fully saturated rings. The molecule has 5 heteroatoms. The first-order chi connectivity index (χ1) is 9.02. The molecule has 2 rings (SSSR count). The monoisotopic (exact) mass is 276 g/mol. The molecule has 0 spiro atoms. The first kappa shape index (κ1) is 14.1. The van der Waals surface area contributed by atoms with Gasteiger partial charge in [0.1, 0.15) is 11.4 Å². The molecule has 0 unspecified atom stereocenters. The topological polar surface area (TPSA) is 49.4 Å². The van der Waals surface area contributed by atoms with Crippen LogP contribution in [-0.2, 0) is 11.4 Å². The Labute approximate surface area is 118 Å². The Kier molecular flexibility index (Phi) is 3.94. The molecular formula is C14H20N4S. The summed E-state index contributed by atoms with van der Waals surface area (Å²) in [4.78, 5) is 8.96. The van der Waals surface area contributed by atoms with Crippen LogP contribution in [0.15, 0.2) is 41.3 Å². The van der Waals surface area contributed by atoms with Gasteiger partial charge in [0.15, 0.2) is 0 Å². The van der Waals surface area contributed by atoms with E-state index >= 15 is 0 Å². The summed E-state index contributed by atoms with van der Waals surface area (Å²) in [5.41, 5.74) is 6.27. The van der Waals surface area contributed by atoms with E-state index < -0.39 is 0 Å². The Bertz CT molecular complexity index is 547. The molecule has 1 aliphatic heterocycles. The number of fused-ring (bicyclic) bond motifs is 1. The second-order valence-electron chi connectivity index (χ2n) is 5.24. The zero-order valence-corrected chi connectivity index (χ0v) is 13.2. The minimum Gasteiger partial charge on any atom is -0.286 e. The Balaban J connectivity index is 2.81. The second-order valence-corrected chi connectivity index (χ2v) is 5.77. The van der Waals surface area contributed by atoms with Crippen molar-refractivity contribution >= 4 is 22.8 Å². The van der Waals surface area contributed by atoms with E-state index in [0.717, 1.165) is 34.0 Å². The molecule has 0 saturated carbocycles. The predicted molar refractivity (Wildman–Crippen MR) is 82.7 cm³/mol. The molecule has 2 aliphatic rings. The van der Waals surface area contributed by atoms with E-state index in [1.807, 2.05) is 14.1 Å². The van der Waals surface area contributed by atoms with Crippen LogP contribution in [0.4, 0.5) is 0 Å². The molecule has 0 saturated heterocycles. The zero-order chi connectivity index (χ0) is 14.2. The van der Waals surface area contributed by atoms with Crippen molar-refractivity contribution in [2.24, 2.45) is 30.5 Å². The first-order valence-corrected chi connectivity index (χ1v) is 7.27. The highest BCUT2D eigenvalue weighted by atomic mass is 32.1. The van der Waals surface area contributed by atoms with Crippen LogP contribution in [0.25, 0.3) is 0 Å². The summed E-state index contributed by atoms with van der Waals surface area (Å²) < 4.78 is 8.99. The molecule has 0 radical (unpaired) electrons. The summed E-state index contributed by atoms with van der Waals surface area (Å²) in [5, 5.41) is 0. The largest absolute Gasteiger partial charge is 0.286 e. The van der Waals surface area contributed by atoms with Crippen LogP contribution in [0.1, 0.15) is 27.7 Å². The Morgan fingerprint density at radius 3 is 1.42 bits per heavy atom. The summed E-state index contributed by atoms with van der Waals surface area (Å²) in [6.45, 7) is 8.66. The molecule has 0 N–H and O–H groups in total. The lowest BCUT2D eigenvalue weighted by molar-refractivity contribution is 0.769. The molecule has 4 nitrogen and oxygen atoms in total. The fourth-order valence-corrected chi connectivity index (χ4v) is 3.14. The van der Waals surface area contributed by atoms with E-state index in [1.54, 1.807) is 0 Å². The maximum atomic E-state index is 4.50. The van der Waals surface area contributed by atoms with Crippen molar-refractivity contribution in [3.8, 4) is 0 Å². The third-order valence-corrected chi connectivity index (χ3v) is 3.86. The Morgan fingerprint density at radius 2 is 1.16 bits per heavy atom. The Morgan fingerprint density at radius 1 is 0.789 bits per heavy atom. The molecule has 0 aromatic heterocycles. The van der Waals surface area contributed by atoms with Gasteiger partial charge in [-0.05, 0) is 11.8 Å². The highest BCUT2D eigenvalue weighted by Gasteiger charge is 2.34. The second kappa shape index (κ2) is 5.33. The summed E-state index contributed by atoms with van der Waals surface area (Å²) in [6.07, 6.45) is 0. The number of allylic oxidation sites excluding steroid dienone is 2. The summed E-state index contributed by atoms with van der Waals surface area (Å²) in [6, 6.07) is 0. The molecular weight excluding hydrogens is 256 g/mol. The summed E-state index contributed by atoms with van der Waals surface area (Å²) in [7, 11) is 3.65. The molecule has 0 atom stereocenters. The van der Waals surface area contributed by atoms with Crippen molar-refractivity contribution in [3.63, 3.8) is 0 Å². The fraction of sp³-hybridized carbons (Fsp3) is 0.571. The van der Waals surface area contributed by atoms with Gasteiger partial charge in [-0.3, -0.25) is 9.98 Å². The molecule has 1 heterocycles. The number of hydrogen-bond donors (Lipinski definition) is 0. The third kappa shape index (κ3) is 2.16. The van der Waals surface area contributed by atoms with Gasteiger partial charge < -0.3 is 0 Å². The predicted octanol–water partition coefficient (Wildman–Crippen LogP) is 3.43. The van der Waals surface area contributed by atoms with Crippen molar-refractivity contribution in [2.45, 2.75) is 27.7 Å². The molecule has 0 aromatic carbocycles. The van der Waals surface area contributed by atoms with E-state index in [-0.39, 0.29) is 0 Å². The minimum atomic E-state index is 0.354. The van der Waals surface area contributed by atoms with Gasteiger partial charge in [-0.2, -0.15) is 8.73 Å². The third-order valence-electron chi connectivity index (χ3n) is 3.34. The Hall–Kier alpha value is -1.36. The van der Waals surface area contributed by atoms with E-state index in [2.05, 4.69) is 46.4 Å². The van der Waals surface area contributed by atoms with Crippen LogP contribution >= 0.6 is 0 Å². The van der Waals surface area contributed by atoms with Crippen LogP contribution in [0.3, 0.4) is 0 Å². The lowest BCUT2D eigenvalue weighted by Gasteiger charge is -2.26. The van der Waals surface area contributed by atoms with Crippen LogP contribution in [0, 0.1) is 11.8 Å². The molecule has 102 valence electrons. The highest BCUT2D eigenvalue weighted by Crippen LogP contribution is 2.37. The van der Waals surface area contributed by atoms with Crippen molar-refractivity contribution in [1.29, 1.82) is 0 Å². The SMILES string of the molecule is CN=C1C(=NC)C(C(C)C)=C2N=S=NC2=C1C(C)C. The lowest BCUT2D eigenvalue weighted by atomic mass is 9.80. The summed E-state index contributed by atoms with van der Waals surface area (Å²) >= 11 is 1.27. The average Bonchev–Trinajstić information content (AvgIpc) is 2.82. The fourth-order valence-electron chi connectivity index (χ4n) is 2.57. The molecule has 1 aliphatic carbocycles.